The lowest BCUT2D eigenvalue weighted by Crippen LogP contribution is -2.24. The molecule has 100 valence electrons. The number of aromatic nitrogens is 1. The van der Waals surface area contributed by atoms with Crippen LogP contribution in [0.5, 0.6) is 0 Å². The maximum Gasteiger partial charge on any atom is 0.183 e. The molecule has 1 aromatic heterocycles. The Morgan fingerprint density at radius 2 is 2.26 bits per heavy atom. The van der Waals surface area contributed by atoms with Gasteiger partial charge in [-0.1, -0.05) is 0 Å². The lowest BCUT2D eigenvalue weighted by molar-refractivity contribution is 0.570. The van der Waals surface area contributed by atoms with Crippen molar-refractivity contribution in [2.45, 2.75) is 17.4 Å². The van der Waals surface area contributed by atoms with Crippen molar-refractivity contribution >= 4 is 26.3 Å². The van der Waals surface area contributed by atoms with Crippen LogP contribution in [0.3, 0.4) is 0 Å². The van der Waals surface area contributed by atoms with E-state index in [0.29, 0.717) is 17.1 Å². The monoisotopic (exact) mass is 298 g/mol. The van der Waals surface area contributed by atoms with E-state index in [1.54, 1.807) is 6.20 Å². The van der Waals surface area contributed by atoms with Crippen LogP contribution in [0.15, 0.2) is 34.7 Å². The van der Waals surface area contributed by atoms with Crippen LogP contribution in [-0.2, 0) is 9.84 Å². The molecule has 0 aliphatic carbocycles. The van der Waals surface area contributed by atoms with E-state index in [9.17, 15) is 12.8 Å². The quantitative estimate of drug-likeness (QED) is 0.866. The molecule has 0 saturated heterocycles. The van der Waals surface area contributed by atoms with Crippen LogP contribution < -0.4 is 5.32 Å². The van der Waals surface area contributed by atoms with Gasteiger partial charge in [0.05, 0.1) is 16.7 Å². The first-order chi connectivity index (χ1) is 9.06. The summed E-state index contributed by atoms with van der Waals surface area (Å²) in [5.74, 6) is -0.365. The minimum atomic E-state index is -3.29. The zero-order valence-electron chi connectivity index (χ0n) is 9.84. The Labute approximate surface area is 114 Å². The number of hydrogen-bond donors (Lipinski definition) is 1. The predicted molar refractivity (Wildman–Crippen MR) is 71.5 cm³/mol. The van der Waals surface area contributed by atoms with Crippen LogP contribution in [0, 0.1) is 5.82 Å². The van der Waals surface area contributed by atoms with E-state index in [0.717, 1.165) is 0 Å². The van der Waals surface area contributed by atoms with Gasteiger partial charge in [-0.3, -0.25) is 0 Å². The van der Waals surface area contributed by atoms with Crippen molar-refractivity contribution in [3.05, 3.63) is 41.2 Å². The van der Waals surface area contributed by atoms with Crippen LogP contribution >= 0.6 is 11.3 Å². The molecule has 1 unspecified atom stereocenters. The summed E-state index contributed by atoms with van der Waals surface area (Å²) in [5, 5.41) is 5.69. The van der Waals surface area contributed by atoms with E-state index >= 15 is 0 Å². The van der Waals surface area contributed by atoms with Crippen molar-refractivity contribution in [1.29, 1.82) is 0 Å². The second-order valence-corrected chi connectivity index (χ2v) is 7.30. The molecule has 1 aliphatic heterocycles. The van der Waals surface area contributed by atoms with Crippen molar-refractivity contribution in [2.24, 2.45) is 0 Å². The summed E-state index contributed by atoms with van der Waals surface area (Å²) in [5.41, 5.74) is 0.487. The number of anilines is 1. The maximum atomic E-state index is 13.4. The average Bonchev–Trinajstić information content (AvgIpc) is 2.85. The van der Waals surface area contributed by atoms with Crippen molar-refractivity contribution in [2.75, 3.05) is 11.1 Å². The summed E-state index contributed by atoms with van der Waals surface area (Å²) in [4.78, 5) is 4.32. The third kappa shape index (κ3) is 2.35. The Morgan fingerprint density at radius 3 is 3.00 bits per heavy atom. The Balaban J connectivity index is 2.03. The normalized spacial score (nSPS) is 20.8. The van der Waals surface area contributed by atoms with E-state index in [1.807, 2.05) is 5.38 Å². The topological polar surface area (TPSA) is 59.1 Å². The zero-order chi connectivity index (χ0) is 13.5. The number of nitrogens with one attached hydrogen (secondary N) is 1. The van der Waals surface area contributed by atoms with Crippen LogP contribution in [0.1, 0.15) is 18.0 Å². The number of halogens is 1. The first-order valence-electron chi connectivity index (χ1n) is 5.74. The molecule has 0 spiro atoms. The van der Waals surface area contributed by atoms with Gasteiger partial charge in [-0.25, -0.2) is 17.8 Å². The van der Waals surface area contributed by atoms with Crippen molar-refractivity contribution < 1.29 is 12.8 Å². The first kappa shape index (κ1) is 12.6. The standard InChI is InChI=1S/C12H11FN2O2S2/c13-8-1-2-11-9(7-8)10(3-6-19(11,16)17)15-12-14-4-5-18-12/h1-2,4-5,7,10H,3,6H2,(H,14,15). The molecule has 1 aromatic carbocycles. The van der Waals surface area contributed by atoms with Gasteiger partial charge in [0.2, 0.25) is 0 Å². The molecule has 2 heterocycles. The van der Waals surface area contributed by atoms with Crippen molar-refractivity contribution in [1.82, 2.24) is 4.98 Å². The lowest BCUT2D eigenvalue weighted by Gasteiger charge is -2.26. The summed E-state index contributed by atoms with van der Waals surface area (Å²) in [6.45, 7) is 0. The van der Waals surface area contributed by atoms with Gasteiger partial charge in [-0.2, -0.15) is 0 Å². The fourth-order valence-corrected chi connectivity index (χ4v) is 4.39. The molecule has 1 aliphatic rings. The predicted octanol–water partition coefficient (Wildman–Crippen LogP) is 2.61. The molecular formula is C12H11FN2O2S2. The third-order valence-corrected chi connectivity index (χ3v) is 5.61. The highest BCUT2D eigenvalue weighted by Gasteiger charge is 2.30. The summed E-state index contributed by atoms with van der Waals surface area (Å²) in [6.07, 6.45) is 2.08. The van der Waals surface area contributed by atoms with E-state index in [-0.39, 0.29) is 16.7 Å². The first-order valence-corrected chi connectivity index (χ1v) is 8.28. The van der Waals surface area contributed by atoms with Gasteiger partial charge >= 0.3 is 0 Å². The van der Waals surface area contributed by atoms with Gasteiger partial charge < -0.3 is 5.32 Å². The zero-order valence-corrected chi connectivity index (χ0v) is 11.5. The van der Waals surface area contributed by atoms with E-state index < -0.39 is 15.7 Å². The number of thiazole rings is 1. The second kappa shape index (κ2) is 4.57. The Morgan fingerprint density at radius 1 is 1.42 bits per heavy atom. The smallest absolute Gasteiger partial charge is 0.183 e. The summed E-state index contributed by atoms with van der Waals surface area (Å²) >= 11 is 1.43. The number of fused-ring (bicyclic) bond motifs is 1. The largest absolute Gasteiger partial charge is 0.355 e. The van der Waals surface area contributed by atoms with E-state index in [2.05, 4.69) is 10.3 Å². The van der Waals surface area contributed by atoms with Gasteiger partial charge in [0.1, 0.15) is 5.82 Å². The summed E-state index contributed by atoms with van der Waals surface area (Å²) in [7, 11) is -3.29. The van der Waals surface area contributed by atoms with Crippen LogP contribution in [0.25, 0.3) is 0 Å². The molecule has 2 aromatic rings. The fourth-order valence-electron chi connectivity index (χ4n) is 2.21. The number of sulfone groups is 1. The molecule has 7 heteroatoms. The summed E-state index contributed by atoms with van der Waals surface area (Å²) < 4.78 is 37.3. The van der Waals surface area contributed by atoms with Crippen LogP contribution in [-0.4, -0.2) is 19.2 Å². The van der Waals surface area contributed by atoms with Crippen LogP contribution in [0.4, 0.5) is 9.52 Å². The number of rotatable bonds is 2. The molecule has 0 fully saturated rings. The molecule has 4 nitrogen and oxygen atoms in total. The molecule has 0 radical (unpaired) electrons. The molecule has 0 saturated carbocycles. The minimum absolute atomic E-state index is 0.0642. The highest BCUT2D eigenvalue weighted by Crippen LogP contribution is 2.35. The van der Waals surface area contributed by atoms with E-state index in [1.165, 1.54) is 29.5 Å². The average molecular weight is 298 g/mol. The van der Waals surface area contributed by atoms with E-state index in [4.69, 9.17) is 0 Å². The second-order valence-electron chi connectivity index (χ2n) is 4.32. The maximum absolute atomic E-state index is 13.4. The molecule has 1 N–H and O–H groups in total. The van der Waals surface area contributed by atoms with Gasteiger partial charge in [0.25, 0.3) is 0 Å². The Hall–Kier alpha value is -1.47. The van der Waals surface area contributed by atoms with Gasteiger partial charge in [0.15, 0.2) is 15.0 Å². The Kier molecular flexibility index (Phi) is 3.02. The van der Waals surface area contributed by atoms with Crippen molar-refractivity contribution in [3.63, 3.8) is 0 Å². The number of hydrogen-bond acceptors (Lipinski definition) is 5. The van der Waals surface area contributed by atoms with Gasteiger partial charge in [0, 0.05) is 11.6 Å². The Bertz CT molecular complexity index is 699. The third-order valence-electron chi connectivity index (χ3n) is 3.09. The minimum Gasteiger partial charge on any atom is -0.355 e. The highest BCUT2D eigenvalue weighted by molar-refractivity contribution is 7.91. The molecule has 1 atom stereocenters. The molecule has 0 bridgehead atoms. The number of benzene rings is 1. The van der Waals surface area contributed by atoms with Gasteiger partial charge in [-0.05, 0) is 30.2 Å². The van der Waals surface area contributed by atoms with Crippen molar-refractivity contribution in [3.8, 4) is 0 Å². The van der Waals surface area contributed by atoms with Gasteiger partial charge in [-0.15, -0.1) is 11.3 Å². The molecule has 19 heavy (non-hydrogen) atoms. The molecule has 0 amide bonds. The molecular weight excluding hydrogens is 287 g/mol. The number of nitrogens with zero attached hydrogens (tertiary/aromatic N) is 1. The highest BCUT2D eigenvalue weighted by atomic mass is 32.2. The fraction of sp³-hybridized carbons (Fsp3) is 0.250. The van der Waals surface area contributed by atoms with Crippen LogP contribution in [0.2, 0.25) is 0 Å². The lowest BCUT2D eigenvalue weighted by atomic mass is 10.0. The molecule has 3 rings (SSSR count). The SMILES string of the molecule is O=S1(=O)CCC(Nc2nccs2)c2cc(F)ccc21. The summed E-state index contributed by atoms with van der Waals surface area (Å²) in [6, 6.07) is 3.59.